The van der Waals surface area contributed by atoms with Crippen LogP contribution in [0, 0.1) is 6.92 Å². The first-order valence-corrected chi connectivity index (χ1v) is 7.09. The molecule has 1 fully saturated rings. The maximum Gasteiger partial charge on any atom is 0.326 e. The van der Waals surface area contributed by atoms with Crippen LogP contribution in [0.2, 0.25) is 0 Å². The van der Waals surface area contributed by atoms with Crippen molar-refractivity contribution in [1.82, 2.24) is 20.1 Å². The maximum absolute atomic E-state index is 12.6. The fourth-order valence-corrected chi connectivity index (χ4v) is 2.70. The lowest BCUT2D eigenvalue weighted by Gasteiger charge is -2.21. The van der Waals surface area contributed by atoms with E-state index in [0.717, 1.165) is 5.56 Å². The number of nitrogens with one attached hydrogen (secondary N) is 1. The standard InChI is InChI=1S/C15H16N4O3/c1-9-16-13(18-17-9)10-4-2-5-11(8-10)14(20)19-7-3-6-12(19)15(21)22/h2,4-5,8,12H,3,6-7H2,1H3,(H,21,22)(H,16,17,18). The molecule has 7 heteroatoms. The van der Waals surface area contributed by atoms with E-state index in [4.69, 9.17) is 0 Å². The van der Waals surface area contributed by atoms with E-state index in [0.29, 0.717) is 36.6 Å². The zero-order chi connectivity index (χ0) is 15.7. The van der Waals surface area contributed by atoms with Crippen molar-refractivity contribution in [3.8, 4) is 11.4 Å². The molecule has 1 aliphatic rings. The van der Waals surface area contributed by atoms with Gasteiger partial charge < -0.3 is 10.0 Å². The predicted molar refractivity (Wildman–Crippen MR) is 78.3 cm³/mol. The molecule has 0 spiro atoms. The van der Waals surface area contributed by atoms with Gasteiger partial charge in [0.1, 0.15) is 11.9 Å². The van der Waals surface area contributed by atoms with Crippen molar-refractivity contribution in [3.05, 3.63) is 35.7 Å². The van der Waals surface area contributed by atoms with Crippen LogP contribution >= 0.6 is 0 Å². The molecule has 22 heavy (non-hydrogen) atoms. The number of nitrogens with zero attached hydrogens (tertiary/aromatic N) is 3. The van der Waals surface area contributed by atoms with E-state index in [1.54, 1.807) is 25.1 Å². The van der Waals surface area contributed by atoms with E-state index in [-0.39, 0.29) is 5.91 Å². The summed E-state index contributed by atoms with van der Waals surface area (Å²) >= 11 is 0. The fourth-order valence-electron chi connectivity index (χ4n) is 2.70. The highest BCUT2D eigenvalue weighted by molar-refractivity contribution is 5.97. The number of carbonyl (C=O) groups is 2. The molecule has 1 aliphatic heterocycles. The van der Waals surface area contributed by atoms with E-state index in [2.05, 4.69) is 15.2 Å². The van der Waals surface area contributed by atoms with Crippen molar-refractivity contribution in [3.63, 3.8) is 0 Å². The molecule has 0 radical (unpaired) electrons. The minimum Gasteiger partial charge on any atom is -0.480 e. The second-order valence-corrected chi connectivity index (χ2v) is 5.32. The van der Waals surface area contributed by atoms with Gasteiger partial charge in [-0.15, -0.1) is 0 Å². The lowest BCUT2D eigenvalue weighted by Crippen LogP contribution is -2.40. The van der Waals surface area contributed by atoms with Gasteiger partial charge in [-0.1, -0.05) is 12.1 Å². The number of rotatable bonds is 3. The number of benzene rings is 1. The first-order valence-electron chi connectivity index (χ1n) is 7.09. The minimum atomic E-state index is -0.952. The first kappa shape index (κ1) is 14.2. The van der Waals surface area contributed by atoms with Crippen LogP contribution in [0.4, 0.5) is 0 Å². The second-order valence-electron chi connectivity index (χ2n) is 5.32. The van der Waals surface area contributed by atoms with Gasteiger partial charge in [0.15, 0.2) is 5.82 Å². The molecule has 0 saturated carbocycles. The highest BCUT2D eigenvalue weighted by Crippen LogP contribution is 2.22. The summed E-state index contributed by atoms with van der Waals surface area (Å²) in [6.45, 7) is 2.27. The normalized spacial score (nSPS) is 17.7. The van der Waals surface area contributed by atoms with Crippen LogP contribution < -0.4 is 0 Å². The maximum atomic E-state index is 12.6. The number of aryl methyl sites for hydroxylation is 1. The monoisotopic (exact) mass is 300 g/mol. The van der Waals surface area contributed by atoms with Crippen LogP contribution in [0.25, 0.3) is 11.4 Å². The Hall–Kier alpha value is -2.70. The van der Waals surface area contributed by atoms with Gasteiger partial charge in [0, 0.05) is 17.7 Å². The molecule has 2 heterocycles. The SMILES string of the molecule is Cc1nc(-c2cccc(C(=O)N3CCCC3C(=O)O)c2)n[nH]1. The summed E-state index contributed by atoms with van der Waals surface area (Å²) in [5.74, 6) is -0.00817. The Kier molecular flexibility index (Phi) is 3.62. The van der Waals surface area contributed by atoms with Crippen LogP contribution in [0.15, 0.2) is 24.3 Å². The molecule has 0 aliphatic carbocycles. The van der Waals surface area contributed by atoms with Crippen molar-refractivity contribution in [2.45, 2.75) is 25.8 Å². The number of aromatic amines is 1. The quantitative estimate of drug-likeness (QED) is 0.894. The number of aliphatic carboxylic acids is 1. The summed E-state index contributed by atoms with van der Waals surface area (Å²) in [6, 6.07) is 6.21. The molecular formula is C15H16N4O3. The van der Waals surface area contributed by atoms with Gasteiger partial charge in [-0.25, -0.2) is 9.78 Å². The van der Waals surface area contributed by atoms with Gasteiger partial charge >= 0.3 is 5.97 Å². The van der Waals surface area contributed by atoms with Crippen molar-refractivity contribution in [1.29, 1.82) is 0 Å². The largest absolute Gasteiger partial charge is 0.480 e. The molecule has 2 aromatic rings. The van der Waals surface area contributed by atoms with Gasteiger partial charge in [-0.2, -0.15) is 5.10 Å². The average Bonchev–Trinajstić information content (AvgIpc) is 3.15. The molecule has 114 valence electrons. The molecule has 1 unspecified atom stereocenters. The Morgan fingerprint density at radius 3 is 2.91 bits per heavy atom. The second kappa shape index (κ2) is 5.59. The van der Waals surface area contributed by atoms with E-state index in [1.165, 1.54) is 4.90 Å². The van der Waals surface area contributed by atoms with Crippen LogP contribution in [-0.2, 0) is 4.79 Å². The highest BCUT2D eigenvalue weighted by atomic mass is 16.4. The molecule has 1 aromatic heterocycles. The number of likely N-dealkylation sites (tertiary alicyclic amines) is 1. The molecule has 0 bridgehead atoms. The molecular weight excluding hydrogens is 284 g/mol. The summed E-state index contributed by atoms with van der Waals surface area (Å²) in [6.07, 6.45) is 1.21. The number of aromatic nitrogens is 3. The minimum absolute atomic E-state index is 0.265. The highest BCUT2D eigenvalue weighted by Gasteiger charge is 2.34. The Labute approximate surface area is 127 Å². The third-order valence-corrected chi connectivity index (χ3v) is 3.76. The van der Waals surface area contributed by atoms with Crippen molar-refractivity contribution in [2.75, 3.05) is 6.54 Å². The summed E-state index contributed by atoms with van der Waals surface area (Å²) in [7, 11) is 0. The first-order chi connectivity index (χ1) is 10.6. The zero-order valence-electron chi connectivity index (χ0n) is 12.1. The topological polar surface area (TPSA) is 99.2 Å². The van der Waals surface area contributed by atoms with Gasteiger partial charge in [-0.3, -0.25) is 9.89 Å². The number of carbonyl (C=O) groups excluding carboxylic acids is 1. The number of amides is 1. The molecule has 3 rings (SSSR count). The van der Waals surface area contributed by atoms with E-state index in [9.17, 15) is 14.7 Å². The number of hydrogen-bond donors (Lipinski definition) is 2. The van der Waals surface area contributed by atoms with Crippen LogP contribution in [0.5, 0.6) is 0 Å². The third-order valence-electron chi connectivity index (χ3n) is 3.76. The van der Waals surface area contributed by atoms with Crippen LogP contribution in [0.3, 0.4) is 0 Å². The van der Waals surface area contributed by atoms with Crippen LogP contribution in [-0.4, -0.2) is 49.7 Å². The smallest absolute Gasteiger partial charge is 0.326 e. The summed E-state index contributed by atoms with van der Waals surface area (Å²) in [4.78, 5) is 29.4. The van der Waals surface area contributed by atoms with Crippen molar-refractivity contribution >= 4 is 11.9 Å². The van der Waals surface area contributed by atoms with Crippen molar-refractivity contribution < 1.29 is 14.7 Å². The lowest BCUT2D eigenvalue weighted by molar-refractivity contribution is -0.141. The van der Waals surface area contributed by atoms with E-state index < -0.39 is 12.0 Å². The number of H-pyrrole nitrogens is 1. The lowest BCUT2D eigenvalue weighted by atomic mass is 10.1. The Bertz CT molecular complexity index is 725. The number of carboxylic acids is 1. The Morgan fingerprint density at radius 2 is 2.23 bits per heavy atom. The van der Waals surface area contributed by atoms with Gasteiger partial charge in [0.25, 0.3) is 5.91 Å². The molecule has 1 amide bonds. The van der Waals surface area contributed by atoms with E-state index >= 15 is 0 Å². The third kappa shape index (κ3) is 2.57. The summed E-state index contributed by atoms with van der Waals surface area (Å²) in [5.41, 5.74) is 1.18. The van der Waals surface area contributed by atoms with Crippen LogP contribution in [0.1, 0.15) is 29.0 Å². The predicted octanol–water partition coefficient (Wildman–Crippen LogP) is 1.47. The fraction of sp³-hybridized carbons (Fsp3) is 0.333. The average molecular weight is 300 g/mol. The zero-order valence-corrected chi connectivity index (χ0v) is 12.1. The molecule has 1 atom stereocenters. The van der Waals surface area contributed by atoms with Crippen molar-refractivity contribution in [2.24, 2.45) is 0 Å². The van der Waals surface area contributed by atoms with Gasteiger partial charge in [0.2, 0.25) is 0 Å². The molecule has 2 N–H and O–H groups in total. The molecule has 1 saturated heterocycles. The molecule has 7 nitrogen and oxygen atoms in total. The molecule has 1 aromatic carbocycles. The summed E-state index contributed by atoms with van der Waals surface area (Å²) in [5, 5.41) is 16.0. The number of hydrogen-bond acceptors (Lipinski definition) is 4. The van der Waals surface area contributed by atoms with E-state index in [1.807, 2.05) is 6.07 Å². The number of carboxylic acid groups (broad SMARTS) is 1. The Balaban J connectivity index is 1.89. The van der Waals surface area contributed by atoms with Gasteiger partial charge in [0.05, 0.1) is 0 Å². The Morgan fingerprint density at radius 1 is 1.41 bits per heavy atom. The summed E-state index contributed by atoms with van der Waals surface area (Å²) < 4.78 is 0. The van der Waals surface area contributed by atoms with Gasteiger partial charge in [-0.05, 0) is 31.9 Å².